The topological polar surface area (TPSA) is 53.5 Å². The minimum atomic E-state index is 0.195. The van der Waals surface area contributed by atoms with Crippen molar-refractivity contribution in [2.75, 3.05) is 25.9 Å². The molecule has 2 heterocycles. The monoisotopic (exact) mass is 411 g/mol. The van der Waals surface area contributed by atoms with Crippen LogP contribution in [-0.4, -0.2) is 52.5 Å². The van der Waals surface area contributed by atoms with Gasteiger partial charge in [-0.2, -0.15) is 0 Å². The molecule has 0 unspecified atom stereocenters. The zero-order valence-electron chi connectivity index (χ0n) is 17.0. The van der Waals surface area contributed by atoms with Crippen molar-refractivity contribution in [1.82, 2.24) is 14.8 Å². The van der Waals surface area contributed by atoms with Crippen molar-refractivity contribution in [2.24, 2.45) is 5.92 Å². The average Bonchev–Trinajstić information content (AvgIpc) is 2.77. The van der Waals surface area contributed by atoms with E-state index in [1.54, 1.807) is 24.2 Å². The quantitative estimate of drug-likeness (QED) is 0.619. The van der Waals surface area contributed by atoms with Crippen molar-refractivity contribution in [2.45, 2.75) is 37.1 Å². The van der Waals surface area contributed by atoms with Crippen LogP contribution >= 0.6 is 11.8 Å². The molecule has 2 aromatic rings. The van der Waals surface area contributed by atoms with E-state index < -0.39 is 0 Å². The molecule has 29 heavy (non-hydrogen) atoms. The Morgan fingerprint density at radius 2 is 1.79 bits per heavy atom. The molecule has 5 nitrogen and oxygen atoms in total. The predicted molar refractivity (Wildman–Crippen MR) is 116 cm³/mol. The highest BCUT2D eigenvalue weighted by atomic mass is 32.2. The Hall–Kier alpha value is -2.34. The number of thioether (sulfide) groups is 1. The van der Waals surface area contributed by atoms with Gasteiger partial charge >= 0.3 is 0 Å². The summed E-state index contributed by atoms with van der Waals surface area (Å²) >= 11 is 1.56. The number of carbonyl (C=O) groups is 2. The van der Waals surface area contributed by atoms with Gasteiger partial charge in [0.05, 0.1) is 5.75 Å². The number of amides is 2. The summed E-state index contributed by atoms with van der Waals surface area (Å²) in [4.78, 5) is 33.7. The third-order valence-corrected chi connectivity index (χ3v) is 6.43. The number of likely N-dealkylation sites (tertiary alicyclic amines) is 1. The molecule has 0 radical (unpaired) electrons. The molecule has 0 atom stereocenters. The maximum absolute atomic E-state index is 12.4. The molecule has 3 rings (SSSR count). The van der Waals surface area contributed by atoms with Gasteiger partial charge in [-0.15, -0.1) is 11.8 Å². The fourth-order valence-corrected chi connectivity index (χ4v) is 4.39. The van der Waals surface area contributed by atoms with Gasteiger partial charge in [0, 0.05) is 50.4 Å². The van der Waals surface area contributed by atoms with E-state index in [9.17, 15) is 9.59 Å². The second-order valence-electron chi connectivity index (χ2n) is 7.57. The van der Waals surface area contributed by atoms with Crippen LogP contribution in [0.3, 0.4) is 0 Å². The molecular weight excluding hydrogens is 382 g/mol. The zero-order valence-corrected chi connectivity index (χ0v) is 17.8. The third kappa shape index (κ3) is 6.89. The Labute approximate surface area is 177 Å². The summed E-state index contributed by atoms with van der Waals surface area (Å²) in [5, 5.41) is 0. The van der Waals surface area contributed by atoms with Gasteiger partial charge in [0.25, 0.3) is 0 Å². The molecule has 2 amide bonds. The lowest BCUT2D eigenvalue weighted by Gasteiger charge is -2.32. The normalized spacial score (nSPS) is 14.6. The third-order valence-electron chi connectivity index (χ3n) is 5.43. The van der Waals surface area contributed by atoms with Gasteiger partial charge in [-0.05, 0) is 42.9 Å². The predicted octanol–water partition coefficient (Wildman–Crippen LogP) is 3.85. The summed E-state index contributed by atoms with van der Waals surface area (Å²) in [7, 11) is 1.87. The standard InChI is InChI=1S/C23H29N3O2S/c1-25(17-20-5-3-2-4-6-20)22(27)8-7-19-11-15-26(16-12-19)23(28)18-29-21-9-13-24-14-10-21/h2-6,9-10,13-14,19H,7-8,11-12,15-18H2,1H3. The number of piperidine rings is 1. The van der Waals surface area contributed by atoms with Crippen LogP contribution in [0.4, 0.5) is 0 Å². The molecule has 0 bridgehead atoms. The SMILES string of the molecule is CN(Cc1ccccc1)C(=O)CCC1CCN(C(=O)CSc2ccncc2)CC1. The fourth-order valence-electron chi connectivity index (χ4n) is 3.61. The summed E-state index contributed by atoms with van der Waals surface area (Å²) in [6, 6.07) is 13.9. The second kappa shape index (κ2) is 11.0. The lowest BCUT2D eigenvalue weighted by atomic mass is 9.92. The lowest BCUT2D eigenvalue weighted by Crippen LogP contribution is -2.39. The number of rotatable bonds is 8. The van der Waals surface area contributed by atoms with E-state index in [4.69, 9.17) is 0 Å². The first-order valence-electron chi connectivity index (χ1n) is 10.2. The van der Waals surface area contributed by atoms with E-state index in [2.05, 4.69) is 4.98 Å². The Morgan fingerprint density at radius 3 is 2.48 bits per heavy atom. The van der Waals surface area contributed by atoms with E-state index in [1.807, 2.05) is 59.3 Å². The van der Waals surface area contributed by atoms with Crippen LogP contribution in [0.1, 0.15) is 31.2 Å². The van der Waals surface area contributed by atoms with Gasteiger partial charge in [-0.25, -0.2) is 0 Å². The zero-order chi connectivity index (χ0) is 20.5. The van der Waals surface area contributed by atoms with E-state index in [0.29, 0.717) is 24.6 Å². The minimum absolute atomic E-state index is 0.195. The first kappa shape index (κ1) is 21.4. The second-order valence-corrected chi connectivity index (χ2v) is 8.62. The Morgan fingerprint density at radius 1 is 1.10 bits per heavy atom. The highest BCUT2D eigenvalue weighted by molar-refractivity contribution is 8.00. The number of nitrogens with zero attached hydrogens (tertiary/aromatic N) is 3. The van der Waals surface area contributed by atoms with Crippen molar-refractivity contribution in [3.63, 3.8) is 0 Å². The van der Waals surface area contributed by atoms with Crippen LogP contribution in [0.25, 0.3) is 0 Å². The molecule has 6 heteroatoms. The van der Waals surface area contributed by atoms with Crippen molar-refractivity contribution in [1.29, 1.82) is 0 Å². The van der Waals surface area contributed by atoms with Crippen LogP contribution < -0.4 is 0 Å². The van der Waals surface area contributed by atoms with E-state index in [-0.39, 0.29) is 11.8 Å². The van der Waals surface area contributed by atoms with Crippen molar-refractivity contribution < 1.29 is 9.59 Å². The Kier molecular flexibility index (Phi) is 8.11. The summed E-state index contributed by atoms with van der Waals surface area (Å²) in [6.45, 7) is 2.25. The summed E-state index contributed by atoms with van der Waals surface area (Å²) in [5.41, 5.74) is 1.15. The maximum Gasteiger partial charge on any atom is 0.232 e. The Bertz CT molecular complexity index is 777. The number of hydrogen-bond acceptors (Lipinski definition) is 4. The smallest absolute Gasteiger partial charge is 0.232 e. The van der Waals surface area contributed by atoms with Gasteiger partial charge < -0.3 is 9.80 Å². The first-order valence-corrected chi connectivity index (χ1v) is 11.2. The molecule has 1 saturated heterocycles. The van der Waals surface area contributed by atoms with E-state index in [1.165, 1.54) is 0 Å². The van der Waals surface area contributed by atoms with Crippen molar-refractivity contribution >= 4 is 23.6 Å². The first-order chi connectivity index (χ1) is 14.1. The molecule has 0 spiro atoms. The van der Waals surface area contributed by atoms with E-state index in [0.717, 1.165) is 42.8 Å². The molecule has 0 aliphatic carbocycles. The average molecular weight is 412 g/mol. The molecule has 1 aromatic heterocycles. The number of pyridine rings is 1. The molecule has 154 valence electrons. The Balaban J connectivity index is 1.34. The number of benzene rings is 1. The number of carbonyl (C=O) groups excluding carboxylic acids is 2. The summed E-state index contributed by atoms with van der Waals surface area (Å²) in [6.07, 6.45) is 6.96. The molecule has 1 aliphatic rings. The fraction of sp³-hybridized carbons (Fsp3) is 0.435. The summed E-state index contributed by atoms with van der Waals surface area (Å²) < 4.78 is 0. The van der Waals surface area contributed by atoms with Crippen LogP contribution in [0, 0.1) is 5.92 Å². The van der Waals surface area contributed by atoms with Crippen molar-refractivity contribution in [3.8, 4) is 0 Å². The van der Waals surface area contributed by atoms with Gasteiger partial charge in [0.2, 0.25) is 11.8 Å². The van der Waals surface area contributed by atoms with Gasteiger partial charge in [0.15, 0.2) is 0 Å². The maximum atomic E-state index is 12.4. The number of aromatic nitrogens is 1. The molecule has 0 saturated carbocycles. The molecule has 0 N–H and O–H groups in total. The van der Waals surface area contributed by atoms with Crippen LogP contribution in [0.5, 0.6) is 0 Å². The van der Waals surface area contributed by atoms with Gasteiger partial charge in [-0.1, -0.05) is 30.3 Å². The van der Waals surface area contributed by atoms with Crippen molar-refractivity contribution in [3.05, 3.63) is 60.4 Å². The van der Waals surface area contributed by atoms with Gasteiger partial charge in [0.1, 0.15) is 0 Å². The largest absolute Gasteiger partial charge is 0.342 e. The van der Waals surface area contributed by atoms with Crippen LogP contribution in [0.15, 0.2) is 59.8 Å². The molecular formula is C23H29N3O2S. The summed E-state index contributed by atoms with van der Waals surface area (Å²) in [5.74, 6) is 1.39. The van der Waals surface area contributed by atoms with E-state index >= 15 is 0 Å². The molecule has 1 aromatic carbocycles. The van der Waals surface area contributed by atoms with Crippen LogP contribution in [0.2, 0.25) is 0 Å². The molecule has 1 aliphatic heterocycles. The molecule has 1 fully saturated rings. The highest BCUT2D eigenvalue weighted by Gasteiger charge is 2.23. The minimum Gasteiger partial charge on any atom is -0.342 e. The number of hydrogen-bond donors (Lipinski definition) is 0. The highest BCUT2D eigenvalue weighted by Crippen LogP contribution is 2.24. The van der Waals surface area contributed by atoms with Gasteiger partial charge in [-0.3, -0.25) is 14.6 Å². The van der Waals surface area contributed by atoms with Crippen LogP contribution in [-0.2, 0) is 16.1 Å². The lowest BCUT2D eigenvalue weighted by molar-refractivity contribution is -0.132.